The van der Waals surface area contributed by atoms with Crippen LogP contribution in [0.3, 0.4) is 0 Å². The molecule has 152 valence electrons. The largest absolute Gasteiger partial charge is 0.471 e. The van der Waals surface area contributed by atoms with E-state index >= 15 is 0 Å². The van der Waals surface area contributed by atoms with Crippen LogP contribution in [-0.2, 0) is 14.8 Å². The first-order valence-corrected chi connectivity index (χ1v) is 10.4. The number of carbonyl (C=O) groups is 1. The van der Waals surface area contributed by atoms with Crippen molar-refractivity contribution >= 4 is 27.3 Å². The second-order valence-corrected chi connectivity index (χ2v) is 8.24. The lowest BCUT2D eigenvalue weighted by molar-refractivity contribution is -0.173. The van der Waals surface area contributed by atoms with E-state index in [2.05, 4.69) is 4.98 Å². The van der Waals surface area contributed by atoms with Gasteiger partial charge in [0, 0.05) is 12.6 Å². The Morgan fingerprint density at radius 2 is 2.04 bits per heavy atom. The molecule has 0 spiro atoms. The molecule has 2 rings (SSSR count). The third kappa shape index (κ3) is 5.22. The van der Waals surface area contributed by atoms with Crippen molar-refractivity contribution in [1.82, 2.24) is 5.32 Å². The van der Waals surface area contributed by atoms with Crippen LogP contribution in [0.5, 0.6) is 0 Å². The summed E-state index contributed by atoms with van der Waals surface area (Å²) in [6.45, 7) is -0.274. The lowest BCUT2D eigenvalue weighted by Crippen LogP contribution is -2.43. The van der Waals surface area contributed by atoms with Gasteiger partial charge in [-0.1, -0.05) is 18.2 Å². The van der Waals surface area contributed by atoms with Crippen molar-refractivity contribution in [1.29, 1.82) is 5.39 Å². The molecule has 1 aromatic rings. The predicted molar refractivity (Wildman–Crippen MR) is 97.9 cm³/mol. The molecule has 0 aliphatic heterocycles. The van der Waals surface area contributed by atoms with E-state index in [1.165, 1.54) is 12.1 Å². The number of allylic oxidation sites excluding steroid dienone is 1. The second kappa shape index (κ2) is 8.60. The summed E-state index contributed by atoms with van der Waals surface area (Å²) in [5.41, 5.74) is 0.833. The van der Waals surface area contributed by atoms with Crippen molar-refractivity contribution < 1.29 is 26.4 Å². The number of carbonyl (C=O) groups excluding carboxylic acids is 1. The van der Waals surface area contributed by atoms with Crippen LogP contribution in [0.15, 0.2) is 35.9 Å². The van der Waals surface area contributed by atoms with Gasteiger partial charge in [0.15, 0.2) is 4.98 Å². The summed E-state index contributed by atoms with van der Waals surface area (Å²) < 4.78 is 63.2. The predicted octanol–water partition coefficient (Wildman–Crippen LogP) is 3.48. The minimum absolute atomic E-state index is 0.0585. The normalized spacial score (nSPS) is 17.4. The Bertz CT molecular complexity index is 907. The maximum absolute atomic E-state index is 12.5. The number of nitrogens with one attached hydrogen (secondary N) is 1. The minimum Gasteiger partial charge on any atom is -0.348 e. The van der Waals surface area contributed by atoms with E-state index < -0.39 is 28.1 Å². The molecule has 0 radical (unpaired) electrons. The molecule has 1 amide bonds. The Balaban J connectivity index is 2.29. The number of anilines is 1. The lowest BCUT2D eigenvalue weighted by Gasteiger charge is -2.34. The van der Waals surface area contributed by atoms with Crippen LogP contribution < -0.4 is 9.62 Å². The number of sulfonamides is 1. The summed E-state index contributed by atoms with van der Waals surface area (Å²) in [6.07, 6.45) is -0.316. The number of hydrogen-bond donors (Lipinski definition) is 1. The van der Waals surface area contributed by atoms with Crippen LogP contribution in [0.2, 0.25) is 0 Å². The summed E-state index contributed by atoms with van der Waals surface area (Å²) in [4.78, 5) is 14.1. The third-order valence-electron chi connectivity index (χ3n) is 4.34. The standard InChI is InChI=1S/C17H19F3N4O3S/c1-28(26,27)24(15-9-5-3-7-13(15)23-21)14-8-4-2-6-12(14)10-11-22-16(25)17(18,19)20/h3,5-7,9,14H,2,4,8,10-11H2,1H3/p+1. The van der Waals surface area contributed by atoms with Gasteiger partial charge in [-0.05, 0) is 37.3 Å². The van der Waals surface area contributed by atoms with Crippen molar-refractivity contribution in [2.75, 3.05) is 17.1 Å². The third-order valence-corrected chi connectivity index (χ3v) is 5.51. The number of amides is 1. The van der Waals surface area contributed by atoms with E-state index in [0.29, 0.717) is 24.8 Å². The highest BCUT2D eigenvalue weighted by molar-refractivity contribution is 7.92. The quantitative estimate of drug-likeness (QED) is 0.566. The van der Waals surface area contributed by atoms with Gasteiger partial charge in [0.05, 0.1) is 12.3 Å². The highest BCUT2D eigenvalue weighted by Crippen LogP contribution is 2.37. The van der Waals surface area contributed by atoms with Gasteiger partial charge >= 0.3 is 17.8 Å². The Morgan fingerprint density at radius 3 is 2.64 bits per heavy atom. The molecule has 0 saturated carbocycles. The molecule has 7 nitrogen and oxygen atoms in total. The summed E-state index contributed by atoms with van der Waals surface area (Å²) in [6, 6.07) is 5.48. The Labute approximate surface area is 160 Å². The van der Waals surface area contributed by atoms with E-state index in [9.17, 15) is 31.8 Å². The molecule has 1 aliphatic rings. The molecule has 0 aromatic heterocycles. The van der Waals surface area contributed by atoms with Crippen LogP contribution in [0.1, 0.15) is 25.7 Å². The fourth-order valence-corrected chi connectivity index (χ4v) is 4.40. The fourth-order valence-electron chi connectivity index (χ4n) is 3.19. The zero-order chi connectivity index (χ0) is 20.9. The SMILES string of the molecule is CS(=O)(=O)N(c1ccccc1[N+]#N)C1CCCC=C1CCNC(=O)C(F)(F)F. The van der Waals surface area contributed by atoms with E-state index in [0.717, 1.165) is 10.6 Å². The number of nitrogens with zero attached hydrogens (tertiary/aromatic N) is 3. The molecule has 0 fully saturated rings. The van der Waals surface area contributed by atoms with Gasteiger partial charge in [0.2, 0.25) is 15.4 Å². The van der Waals surface area contributed by atoms with Gasteiger partial charge in [0.1, 0.15) is 5.69 Å². The molecule has 28 heavy (non-hydrogen) atoms. The van der Waals surface area contributed by atoms with Gasteiger partial charge < -0.3 is 5.32 Å². The highest BCUT2D eigenvalue weighted by atomic mass is 32.2. The molecule has 1 aliphatic carbocycles. The van der Waals surface area contributed by atoms with Crippen LogP contribution >= 0.6 is 0 Å². The number of hydrogen-bond acceptors (Lipinski definition) is 4. The van der Waals surface area contributed by atoms with Gasteiger partial charge in [-0.25, -0.2) is 8.42 Å². The first-order chi connectivity index (χ1) is 13.1. The summed E-state index contributed by atoms with van der Waals surface area (Å²) >= 11 is 0. The topological polar surface area (TPSA) is 94.6 Å². The van der Waals surface area contributed by atoms with Crippen LogP contribution in [0, 0.1) is 5.39 Å². The molecule has 0 bridgehead atoms. The van der Waals surface area contributed by atoms with E-state index in [1.54, 1.807) is 23.5 Å². The van der Waals surface area contributed by atoms with Crippen LogP contribution in [0.4, 0.5) is 24.5 Å². The van der Waals surface area contributed by atoms with Gasteiger partial charge in [-0.3, -0.25) is 9.10 Å². The fraction of sp³-hybridized carbons (Fsp3) is 0.471. The molecule has 1 atom stereocenters. The Kier molecular flexibility index (Phi) is 6.66. The maximum atomic E-state index is 12.5. The van der Waals surface area contributed by atoms with Gasteiger partial charge in [0.25, 0.3) is 0 Å². The van der Waals surface area contributed by atoms with Crippen molar-refractivity contribution in [2.45, 2.75) is 37.9 Å². The van der Waals surface area contributed by atoms with E-state index in [4.69, 9.17) is 0 Å². The summed E-state index contributed by atoms with van der Waals surface area (Å²) in [7, 11) is -3.79. The van der Waals surface area contributed by atoms with Crippen molar-refractivity contribution in [3.05, 3.63) is 40.9 Å². The molecular formula is C17H20F3N4O3S+. The van der Waals surface area contributed by atoms with Gasteiger partial charge in [-0.15, -0.1) is 0 Å². The molecule has 0 saturated heterocycles. The average Bonchev–Trinajstić information content (AvgIpc) is 2.61. The zero-order valence-electron chi connectivity index (χ0n) is 15.1. The monoisotopic (exact) mass is 417 g/mol. The van der Waals surface area contributed by atoms with Crippen LogP contribution in [-0.4, -0.2) is 39.3 Å². The van der Waals surface area contributed by atoms with E-state index in [1.807, 2.05) is 0 Å². The minimum atomic E-state index is -4.97. The summed E-state index contributed by atoms with van der Waals surface area (Å²) in [5, 5.41) is 11.0. The summed E-state index contributed by atoms with van der Waals surface area (Å²) in [5.74, 6) is -2.04. The molecule has 1 unspecified atom stereocenters. The first kappa shape index (κ1) is 21.7. The molecule has 11 heteroatoms. The number of para-hydroxylation sites is 1. The van der Waals surface area contributed by atoms with Crippen LogP contribution in [0.25, 0.3) is 4.98 Å². The van der Waals surface area contributed by atoms with Crippen molar-refractivity contribution in [2.24, 2.45) is 0 Å². The molecular weight excluding hydrogens is 397 g/mol. The van der Waals surface area contributed by atoms with Crippen molar-refractivity contribution in [3.8, 4) is 0 Å². The number of diazo groups is 1. The average molecular weight is 417 g/mol. The number of halogens is 3. The van der Waals surface area contributed by atoms with Gasteiger partial charge in [-0.2, -0.15) is 13.2 Å². The number of alkyl halides is 3. The number of benzene rings is 1. The number of rotatable bonds is 6. The molecule has 0 heterocycles. The Morgan fingerprint density at radius 1 is 1.36 bits per heavy atom. The molecule has 1 N–H and O–H groups in total. The smallest absolute Gasteiger partial charge is 0.348 e. The zero-order valence-corrected chi connectivity index (χ0v) is 15.9. The first-order valence-electron chi connectivity index (χ1n) is 8.53. The maximum Gasteiger partial charge on any atom is 0.471 e. The lowest BCUT2D eigenvalue weighted by atomic mass is 9.91. The highest BCUT2D eigenvalue weighted by Gasteiger charge is 2.39. The second-order valence-electron chi connectivity index (χ2n) is 6.38. The van der Waals surface area contributed by atoms with E-state index in [-0.39, 0.29) is 24.3 Å². The Hall–Kier alpha value is -2.61. The van der Waals surface area contributed by atoms with Crippen molar-refractivity contribution in [3.63, 3.8) is 0 Å². The molecule has 1 aromatic carbocycles.